The molecule has 2 amide bonds. The molecule has 0 spiro atoms. The fourth-order valence-corrected chi connectivity index (χ4v) is 3.72. The van der Waals surface area contributed by atoms with E-state index in [9.17, 15) is 9.59 Å². The standard InChI is InChI=1S/C20H22N2O2S/c23-19(22-11-4-5-12-22)15-25-14-16-7-6-8-17(13-16)20(24)21-18-9-2-1-3-10-18/h1-3,6-10,13H,4-5,11-12,14-15H2,(H,21,24). The molecule has 130 valence electrons. The van der Waals surface area contributed by atoms with Gasteiger partial charge in [-0.2, -0.15) is 0 Å². The summed E-state index contributed by atoms with van der Waals surface area (Å²) in [4.78, 5) is 26.3. The van der Waals surface area contributed by atoms with Crippen molar-refractivity contribution < 1.29 is 9.59 Å². The van der Waals surface area contributed by atoms with Crippen molar-refractivity contribution in [1.82, 2.24) is 4.90 Å². The second-order valence-electron chi connectivity index (χ2n) is 6.10. The van der Waals surface area contributed by atoms with Gasteiger partial charge in [0.2, 0.25) is 5.91 Å². The van der Waals surface area contributed by atoms with Crippen LogP contribution in [-0.4, -0.2) is 35.6 Å². The first-order valence-electron chi connectivity index (χ1n) is 8.53. The molecule has 0 aliphatic carbocycles. The van der Waals surface area contributed by atoms with E-state index in [4.69, 9.17) is 0 Å². The van der Waals surface area contributed by atoms with Crippen LogP contribution in [0.4, 0.5) is 5.69 Å². The summed E-state index contributed by atoms with van der Waals surface area (Å²) in [5, 5.41) is 2.89. The topological polar surface area (TPSA) is 49.4 Å². The van der Waals surface area contributed by atoms with Crippen molar-refractivity contribution in [3.8, 4) is 0 Å². The Kier molecular flexibility index (Phi) is 6.12. The molecular weight excluding hydrogens is 332 g/mol. The number of hydrogen-bond donors (Lipinski definition) is 1. The van der Waals surface area contributed by atoms with Crippen LogP contribution in [0.5, 0.6) is 0 Å². The Labute approximate surface area is 152 Å². The van der Waals surface area contributed by atoms with E-state index in [1.807, 2.05) is 59.5 Å². The van der Waals surface area contributed by atoms with E-state index in [1.54, 1.807) is 11.8 Å². The molecule has 0 aromatic heterocycles. The molecule has 2 aromatic rings. The van der Waals surface area contributed by atoms with Gasteiger partial charge in [0.15, 0.2) is 0 Å². The van der Waals surface area contributed by atoms with Crippen molar-refractivity contribution in [2.45, 2.75) is 18.6 Å². The molecule has 1 saturated heterocycles. The minimum Gasteiger partial charge on any atom is -0.342 e. The monoisotopic (exact) mass is 354 g/mol. The van der Waals surface area contributed by atoms with Gasteiger partial charge in [0.05, 0.1) is 5.75 Å². The number of nitrogens with one attached hydrogen (secondary N) is 1. The summed E-state index contributed by atoms with van der Waals surface area (Å²) < 4.78 is 0. The molecule has 4 nitrogen and oxygen atoms in total. The number of thioether (sulfide) groups is 1. The highest BCUT2D eigenvalue weighted by Gasteiger charge is 2.17. The van der Waals surface area contributed by atoms with Crippen molar-refractivity contribution in [3.63, 3.8) is 0 Å². The summed E-state index contributed by atoms with van der Waals surface area (Å²) in [5.41, 5.74) is 2.47. The Hall–Kier alpha value is -2.27. The fourth-order valence-electron chi connectivity index (χ4n) is 2.84. The number of rotatable bonds is 6. The van der Waals surface area contributed by atoms with Crippen LogP contribution in [0.25, 0.3) is 0 Å². The molecular formula is C20H22N2O2S. The summed E-state index contributed by atoms with van der Waals surface area (Å²) >= 11 is 1.60. The third kappa shape index (κ3) is 5.10. The Morgan fingerprint density at radius 1 is 1.00 bits per heavy atom. The molecule has 5 heteroatoms. The molecule has 0 unspecified atom stereocenters. The highest BCUT2D eigenvalue weighted by Crippen LogP contribution is 2.17. The van der Waals surface area contributed by atoms with Crippen LogP contribution in [0.2, 0.25) is 0 Å². The number of anilines is 1. The molecule has 0 saturated carbocycles. The average Bonchev–Trinajstić information content (AvgIpc) is 3.17. The Morgan fingerprint density at radius 3 is 2.52 bits per heavy atom. The summed E-state index contributed by atoms with van der Waals surface area (Å²) in [7, 11) is 0. The van der Waals surface area contributed by atoms with Crippen LogP contribution in [0.3, 0.4) is 0 Å². The summed E-state index contributed by atoms with van der Waals surface area (Å²) in [6.45, 7) is 1.79. The minimum absolute atomic E-state index is 0.119. The smallest absolute Gasteiger partial charge is 0.255 e. The lowest BCUT2D eigenvalue weighted by Gasteiger charge is -2.14. The van der Waals surface area contributed by atoms with Gasteiger partial charge in [0, 0.05) is 30.1 Å². The van der Waals surface area contributed by atoms with Crippen molar-refractivity contribution in [2.75, 3.05) is 24.2 Å². The molecule has 1 fully saturated rings. The Morgan fingerprint density at radius 2 is 1.76 bits per heavy atom. The van der Waals surface area contributed by atoms with E-state index in [0.717, 1.165) is 42.9 Å². The highest BCUT2D eigenvalue weighted by atomic mass is 32.2. The molecule has 1 aliphatic heterocycles. The first-order chi connectivity index (χ1) is 12.2. The van der Waals surface area contributed by atoms with Crippen LogP contribution in [0.1, 0.15) is 28.8 Å². The van der Waals surface area contributed by atoms with E-state index >= 15 is 0 Å². The molecule has 3 rings (SSSR count). The van der Waals surface area contributed by atoms with E-state index in [0.29, 0.717) is 11.3 Å². The highest BCUT2D eigenvalue weighted by molar-refractivity contribution is 7.99. The van der Waals surface area contributed by atoms with E-state index in [-0.39, 0.29) is 11.8 Å². The van der Waals surface area contributed by atoms with Crippen LogP contribution < -0.4 is 5.32 Å². The average molecular weight is 354 g/mol. The summed E-state index contributed by atoms with van der Waals surface area (Å²) in [5.74, 6) is 1.33. The van der Waals surface area contributed by atoms with Crippen LogP contribution in [0.15, 0.2) is 54.6 Å². The maximum atomic E-state index is 12.3. The van der Waals surface area contributed by atoms with Gasteiger partial charge >= 0.3 is 0 Å². The maximum absolute atomic E-state index is 12.3. The van der Waals surface area contributed by atoms with Gasteiger partial charge in [0.1, 0.15) is 0 Å². The number of hydrogen-bond acceptors (Lipinski definition) is 3. The van der Waals surface area contributed by atoms with Crippen LogP contribution in [0, 0.1) is 0 Å². The Bertz CT molecular complexity index is 727. The number of carbonyl (C=O) groups is 2. The van der Waals surface area contributed by atoms with Gasteiger partial charge in [-0.25, -0.2) is 0 Å². The first kappa shape index (κ1) is 17.5. The SMILES string of the molecule is O=C(Nc1ccccc1)c1cccc(CSCC(=O)N2CCCC2)c1. The second kappa shape index (κ2) is 8.72. The number of amides is 2. The van der Waals surface area contributed by atoms with Gasteiger partial charge in [-0.05, 0) is 42.7 Å². The molecule has 1 N–H and O–H groups in total. The van der Waals surface area contributed by atoms with Gasteiger partial charge in [0.25, 0.3) is 5.91 Å². The van der Waals surface area contributed by atoms with Crippen molar-refractivity contribution in [1.29, 1.82) is 0 Å². The minimum atomic E-state index is -0.119. The predicted molar refractivity (Wildman–Crippen MR) is 103 cm³/mol. The second-order valence-corrected chi connectivity index (χ2v) is 7.09. The normalized spacial score (nSPS) is 13.7. The van der Waals surface area contributed by atoms with Crippen molar-refractivity contribution >= 4 is 29.3 Å². The molecule has 2 aromatic carbocycles. The molecule has 0 bridgehead atoms. The van der Waals surface area contributed by atoms with E-state index in [2.05, 4.69) is 5.32 Å². The third-order valence-electron chi connectivity index (χ3n) is 4.17. The summed E-state index contributed by atoms with van der Waals surface area (Å²) in [6.07, 6.45) is 2.24. The van der Waals surface area contributed by atoms with Gasteiger partial charge in [-0.1, -0.05) is 30.3 Å². The number of likely N-dealkylation sites (tertiary alicyclic amines) is 1. The van der Waals surface area contributed by atoms with Crippen LogP contribution in [-0.2, 0) is 10.5 Å². The number of nitrogens with zero attached hydrogens (tertiary/aromatic N) is 1. The molecule has 25 heavy (non-hydrogen) atoms. The lowest BCUT2D eigenvalue weighted by Crippen LogP contribution is -2.29. The first-order valence-corrected chi connectivity index (χ1v) is 9.69. The van der Waals surface area contributed by atoms with Gasteiger partial charge in [-0.3, -0.25) is 9.59 Å². The zero-order chi connectivity index (χ0) is 17.5. The lowest BCUT2D eigenvalue weighted by molar-refractivity contribution is -0.127. The maximum Gasteiger partial charge on any atom is 0.255 e. The van der Waals surface area contributed by atoms with E-state index < -0.39 is 0 Å². The number of carbonyl (C=O) groups excluding carboxylic acids is 2. The fraction of sp³-hybridized carbons (Fsp3) is 0.300. The molecule has 1 heterocycles. The number of para-hydroxylation sites is 1. The zero-order valence-corrected chi connectivity index (χ0v) is 14.9. The van der Waals surface area contributed by atoms with E-state index in [1.165, 1.54) is 0 Å². The molecule has 0 atom stereocenters. The van der Waals surface area contributed by atoms with Gasteiger partial charge in [-0.15, -0.1) is 11.8 Å². The molecule has 1 aliphatic rings. The quantitative estimate of drug-likeness (QED) is 0.858. The number of benzene rings is 2. The third-order valence-corrected chi connectivity index (χ3v) is 5.16. The largest absolute Gasteiger partial charge is 0.342 e. The molecule has 0 radical (unpaired) electrons. The summed E-state index contributed by atoms with van der Waals surface area (Å²) in [6, 6.07) is 17.0. The van der Waals surface area contributed by atoms with Gasteiger partial charge < -0.3 is 10.2 Å². The predicted octanol–water partition coefficient (Wildman–Crippen LogP) is 3.79. The van der Waals surface area contributed by atoms with Crippen molar-refractivity contribution in [3.05, 3.63) is 65.7 Å². The van der Waals surface area contributed by atoms with Crippen LogP contribution >= 0.6 is 11.8 Å². The lowest BCUT2D eigenvalue weighted by atomic mass is 10.1. The van der Waals surface area contributed by atoms with Crippen molar-refractivity contribution in [2.24, 2.45) is 0 Å². The Balaban J connectivity index is 1.52. The zero-order valence-electron chi connectivity index (χ0n) is 14.1.